The van der Waals surface area contributed by atoms with Crippen LogP contribution in [0.3, 0.4) is 0 Å². The molecule has 0 radical (unpaired) electrons. The molecule has 0 unspecified atom stereocenters. The Morgan fingerprint density at radius 1 is 1.54 bits per heavy atom. The van der Waals surface area contributed by atoms with Crippen LogP contribution in [0.15, 0.2) is 11.1 Å². The van der Waals surface area contributed by atoms with E-state index in [1.165, 1.54) is 18.5 Å². The molecule has 3 heteroatoms. The fourth-order valence-electron chi connectivity index (χ4n) is 1.82. The summed E-state index contributed by atoms with van der Waals surface area (Å²) in [6.07, 6.45) is 4.09. The van der Waals surface area contributed by atoms with Gasteiger partial charge in [0.1, 0.15) is 0 Å². The minimum atomic E-state index is 0.649. The number of aryl methyl sites for hydroxylation is 1. The number of rotatable bonds is 2. The highest BCUT2D eigenvalue weighted by Crippen LogP contribution is 2.39. The molecule has 0 bridgehead atoms. The van der Waals surface area contributed by atoms with Crippen LogP contribution in [-0.4, -0.2) is 10.6 Å². The lowest BCUT2D eigenvalue weighted by atomic mass is 10.4. The third-order valence-electron chi connectivity index (χ3n) is 2.54. The smallest absolute Gasteiger partial charge is 0.240 e. The molecule has 1 aromatic rings. The zero-order chi connectivity index (χ0) is 9.42. The predicted octanol–water partition coefficient (Wildman–Crippen LogP) is 2.41. The van der Waals surface area contributed by atoms with Crippen LogP contribution in [-0.2, 0) is 4.79 Å². The van der Waals surface area contributed by atoms with E-state index >= 15 is 0 Å². The first-order valence-corrected chi connectivity index (χ1v) is 4.50. The molecule has 0 N–H and O–H groups in total. The first-order chi connectivity index (χ1) is 6.24. The van der Waals surface area contributed by atoms with E-state index in [2.05, 4.69) is 16.5 Å². The second-order valence-corrected chi connectivity index (χ2v) is 3.56. The van der Waals surface area contributed by atoms with Crippen LogP contribution in [0.5, 0.6) is 0 Å². The molecule has 1 heterocycles. The first-order valence-electron chi connectivity index (χ1n) is 4.50. The first kappa shape index (κ1) is 8.27. The summed E-state index contributed by atoms with van der Waals surface area (Å²) in [5.74, 6) is 0. The monoisotopic (exact) mass is 176 g/mol. The quantitative estimate of drug-likeness (QED) is 0.503. The Kier molecular flexibility index (Phi) is 1.82. The average molecular weight is 176 g/mol. The van der Waals surface area contributed by atoms with Gasteiger partial charge in [-0.3, -0.25) is 0 Å². The molecule has 1 aliphatic rings. The van der Waals surface area contributed by atoms with Crippen LogP contribution >= 0.6 is 0 Å². The van der Waals surface area contributed by atoms with Crippen molar-refractivity contribution in [3.8, 4) is 0 Å². The predicted molar refractivity (Wildman–Crippen MR) is 50.0 cm³/mol. The fourth-order valence-corrected chi connectivity index (χ4v) is 1.82. The Labute approximate surface area is 77.1 Å². The molecule has 3 nitrogen and oxygen atoms in total. The number of hydrogen-bond donors (Lipinski definition) is 0. The zero-order valence-corrected chi connectivity index (χ0v) is 7.87. The van der Waals surface area contributed by atoms with Gasteiger partial charge in [0, 0.05) is 17.4 Å². The van der Waals surface area contributed by atoms with Gasteiger partial charge in [0.05, 0.1) is 5.69 Å². The van der Waals surface area contributed by atoms with Gasteiger partial charge in [0.2, 0.25) is 6.08 Å². The van der Waals surface area contributed by atoms with Crippen LogP contribution in [0.1, 0.15) is 30.3 Å². The van der Waals surface area contributed by atoms with Crippen LogP contribution < -0.4 is 0 Å². The Bertz CT molecular complexity index is 382. The summed E-state index contributed by atoms with van der Waals surface area (Å²) in [6.45, 7) is 4.05. The second-order valence-electron chi connectivity index (χ2n) is 3.56. The fraction of sp³-hybridized carbons (Fsp3) is 0.500. The van der Waals surface area contributed by atoms with Crippen molar-refractivity contribution in [1.82, 2.24) is 4.57 Å². The number of isocyanates is 1. The summed E-state index contributed by atoms with van der Waals surface area (Å²) >= 11 is 0. The largest absolute Gasteiger partial charge is 0.344 e. The molecule has 0 spiro atoms. The Hall–Kier alpha value is -1.34. The SMILES string of the molecule is Cc1cc(N=C=O)c(C)n1C1CC1. The zero-order valence-electron chi connectivity index (χ0n) is 7.87. The van der Waals surface area contributed by atoms with E-state index in [1.807, 2.05) is 13.0 Å². The van der Waals surface area contributed by atoms with Crippen molar-refractivity contribution in [2.24, 2.45) is 4.99 Å². The van der Waals surface area contributed by atoms with E-state index in [4.69, 9.17) is 0 Å². The average Bonchev–Trinajstić information content (AvgIpc) is 2.84. The molecular weight excluding hydrogens is 164 g/mol. The highest BCUT2D eigenvalue weighted by atomic mass is 16.1. The second kappa shape index (κ2) is 2.86. The van der Waals surface area contributed by atoms with Crippen molar-refractivity contribution < 1.29 is 4.79 Å². The molecule has 1 aliphatic carbocycles. The van der Waals surface area contributed by atoms with Gasteiger partial charge in [0.15, 0.2) is 0 Å². The summed E-state index contributed by atoms with van der Waals surface area (Å²) in [5.41, 5.74) is 3.04. The van der Waals surface area contributed by atoms with Gasteiger partial charge in [-0.1, -0.05) is 0 Å². The van der Waals surface area contributed by atoms with E-state index in [1.54, 1.807) is 6.08 Å². The van der Waals surface area contributed by atoms with Crippen LogP contribution in [0, 0.1) is 13.8 Å². The number of nitrogens with zero attached hydrogens (tertiary/aromatic N) is 2. The Balaban J connectivity index is 2.49. The number of carbonyl (C=O) groups excluding carboxylic acids is 1. The number of hydrogen-bond acceptors (Lipinski definition) is 2. The normalized spacial score (nSPS) is 15.5. The molecule has 0 aromatic carbocycles. The molecule has 1 aromatic heterocycles. The van der Waals surface area contributed by atoms with E-state index < -0.39 is 0 Å². The molecule has 68 valence electrons. The third kappa shape index (κ3) is 1.31. The van der Waals surface area contributed by atoms with Gasteiger partial charge in [-0.25, -0.2) is 4.79 Å². The Morgan fingerprint density at radius 3 is 2.77 bits per heavy atom. The summed E-state index contributed by atoms with van der Waals surface area (Å²) in [6, 6.07) is 2.59. The molecular formula is C10H12N2O. The highest BCUT2D eigenvalue weighted by molar-refractivity contribution is 5.53. The lowest BCUT2D eigenvalue weighted by Crippen LogP contribution is -1.97. The van der Waals surface area contributed by atoms with E-state index in [-0.39, 0.29) is 0 Å². The van der Waals surface area contributed by atoms with Crippen molar-refractivity contribution in [3.63, 3.8) is 0 Å². The maximum atomic E-state index is 10.1. The minimum absolute atomic E-state index is 0.649. The standard InChI is InChI=1S/C10H12N2O/c1-7-5-10(11-6-13)8(2)12(7)9-3-4-9/h5,9H,3-4H2,1-2H3. The van der Waals surface area contributed by atoms with Crippen LogP contribution in [0.2, 0.25) is 0 Å². The number of aromatic nitrogens is 1. The van der Waals surface area contributed by atoms with Gasteiger partial charge < -0.3 is 4.57 Å². The van der Waals surface area contributed by atoms with E-state index in [0.717, 1.165) is 11.4 Å². The van der Waals surface area contributed by atoms with Crippen LogP contribution in [0.4, 0.5) is 5.69 Å². The van der Waals surface area contributed by atoms with E-state index in [9.17, 15) is 4.79 Å². The van der Waals surface area contributed by atoms with Gasteiger partial charge >= 0.3 is 0 Å². The molecule has 0 aliphatic heterocycles. The summed E-state index contributed by atoms with van der Waals surface area (Å²) in [5, 5.41) is 0. The van der Waals surface area contributed by atoms with Crippen LogP contribution in [0.25, 0.3) is 0 Å². The Morgan fingerprint density at radius 2 is 2.23 bits per heavy atom. The van der Waals surface area contributed by atoms with Crippen molar-refractivity contribution in [3.05, 3.63) is 17.5 Å². The summed E-state index contributed by atoms with van der Waals surface area (Å²) in [4.78, 5) is 13.8. The maximum Gasteiger partial charge on any atom is 0.240 e. The minimum Gasteiger partial charge on any atom is -0.344 e. The lowest BCUT2D eigenvalue weighted by molar-refractivity contribution is 0.565. The lowest BCUT2D eigenvalue weighted by Gasteiger charge is -2.05. The maximum absolute atomic E-state index is 10.1. The van der Waals surface area contributed by atoms with E-state index in [0.29, 0.717) is 6.04 Å². The van der Waals surface area contributed by atoms with Gasteiger partial charge in [-0.05, 0) is 32.8 Å². The van der Waals surface area contributed by atoms with Gasteiger partial charge in [-0.2, -0.15) is 4.99 Å². The van der Waals surface area contributed by atoms with Crippen molar-refractivity contribution in [1.29, 1.82) is 0 Å². The number of aliphatic imine (C=N–C) groups is 1. The summed E-state index contributed by atoms with van der Waals surface area (Å²) in [7, 11) is 0. The van der Waals surface area contributed by atoms with Crippen molar-refractivity contribution in [2.45, 2.75) is 32.7 Å². The van der Waals surface area contributed by atoms with Gasteiger partial charge in [-0.15, -0.1) is 0 Å². The van der Waals surface area contributed by atoms with Crippen molar-refractivity contribution >= 4 is 11.8 Å². The molecule has 1 fully saturated rings. The molecule has 1 saturated carbocycles. The summed E-state index contributed by atoms with van der Waals surface area (Å²) < 4.78 is 2.26. The molecule has 0 saturated heterocycles. The molecule has 13 heavy (non-hydrogen) atoms. The molecule has 0 atom stereocenters. The molecule has 0 amide bonds. The highest BCUT2D eigenvalue weighted by Gasteiger charge is 2.26. The van der Waals surface area contributed by atoms with Crippen molar-refractivity contribution in [2.75, 3.05) is 0 Å². The van der Waals surface area contributed by atoms with Gasteiger partial charge in [0.25, 0.3) is 0 Å². The third-order valence-corrected chi connectivity index (χ3v) is 2.54. The molecule has 2 rings (SSSR count). The topological polar surface area (TPSA) is 34.4 Å².